The van der Waals surface area contributed by atoms with Crippen LogP contribution in [0.4, 0.5) is 0 Å². The molecule has 0 saturated heterocycles. The molecule has 0 unspecified atom stereocenters. The Labute approximate surface area is 124 Å². The molecule has 3 rings (SSSR count). The van der Waals surface area contributed by atoms with Crippen LogP contribution in [0, 0.1) is 10.8 Å². The van der Waals surface area contributed by atoms with Crippen molar-refractivity contribution in [3.8, 4) is 0 Å². The molecule has 0 radical (unpaired) electrons. The Morgan fingerprint density at radius 3 is 1.85 bits per heavy atom. The Morgan fingerprint density at radius 1 is 0.850 bits per heavy atom. The molecule has 1 saturated carbocycles. The summed E-state index contributed by atoms with van der Waals surface area (Å²) in [6.07, 6.45) is 6.43. The maximum absolute atomic E-state index is 3.98. The smallest absolute Gasteiger partial charge is 0.0151 e. The Balaban J connectivity index is 1.65. The monoisotopic (exact) mass is 271 g/mol. The fourth-order valence-corrected chi connectivity index (χ4v) is 4.97. The third-order valence-electron chi connectivity index (χ3n) is 5.08. The molecule has 0 heterocycles. The summed E-state index contributed by atoms with van der Waals surface area (Å²) in [6.45, 7) is 9.75. The second-order valence-corrected chi connectivity index (χ2v) is 8.65. The van der Waals surface area contributed by atoms with E-state index >= 15 is 0 Å². The van der Waals surface area contributed by atoms with E-state index in [4.69, 9.17) is 0 Å². The van der Waals surface area contributed by atoms with Gasteiger partial charge in [0.1, 0.15) is 0 Å². The van der Waals surface area contributed by atoms with Crippen molar-refractivity contribution >= 4 is 0 Å². The second kappa shape index (κ2) is 4.87. The van der Waals surface area contributed by atoms with E-state index in [0.717, 1.165) is 0 Å². The molecule has 110 valence electrons. The van der Waals surface area contributed by atoms with Crippen LogP contribution in [0.15, 0.2) is 24.3 Å². The highest BCUT2D eigenvalue weighted by Gasteiger charge is 2.39. The van der Waals surface area contributed by atoms with Gasteiger partial charge in [-0.25, -0.2) is 0 Å². The van der Waals surface area contributed by atoms with Crippen molar-refractivity contribution in [2.75, 3.05) is 0 Å². The zero-order valence-electron chi connectivity index (χ0n) is 13.5. The SMILES string of the molecule is CC1(C)CC(NC2Cc3ccccc3C2)CC(C)(C)C1. The van der Waals surface area contributed by atoms with Gasteiger partial charge in [0.15, 0.2) is 0 Å². The van der Waals surface area contributed by atoms with Crippen LogP contribution >= 0.6 is 0 Å². The normalized spacial score (nSPS) is 25.6. The molecule has 20 heavy (non-hydrogen) atoms. The van der Waals surface area contributed by atoms with Crippen molar-refractivity contribution in [1.82, 2.24) is 5.32 Å². The molecule has 2 aliphatic rings. The molecule has 0 atom stereocenters. The van der Waals surface area contributed by atoms with E-state index in [0.29, 0.717) is 22.9 Å². The van der Waals surface area contributed by atoms with Crippen molar-refractivity contribution in [3.63, 3.8) is 0 Å². The van der Waals surface area contributed by atoms with Gasteiger partial charge >= 0.3 is 0 Å². The van der Waals surface area contributed by atoms with Crippen LogP contribution in [0.5, 0.6) is 0 Å². The van der Waals surface area contributed by atoms with Crippen molar-refractivity contribution in [2.45, 2.75) is 71.9 Å². The lowest BCUT2D eigenvalue weighted by Gasteiger charge is -2.46. The Hall–Kier alpha value is -0.820. The third kappa shape index (κ3) is 3.09. The lowest BCUT2D eigenvalue weighted by Crippen LogP contribution is -2.47. The van der Waals surface area contributed by atoms with Gasteiger partial charge in [-0.05, 0) is 54.1 Å². The van der Waals surface area contributed by atoms with Crippen LogP contribution < -0.4 is 5.32 Å². The van der Waals surface area contributed by atoms with E-state index in [1.165, 1.54) is 32.1 Å². The highest BCUT2D eigenvalue weighted by Crippen LogP contribution is 2.45. The number of nitrogens with one attached hydrogen (secondary N) is 1. The van der Waals surface area contributed by atoms with Crippen LogP contribution in [0.2, 0.25) is 0 Å². The van der Waals surface area contributed by atoms with E-state index in [2.05, 4.69) is 57.3 Å². The lowest BCUT2D eigenvalue weighted by molar-refractivity contribution is 0.0807. The van der Waals surface area contributed by atoms with Gasteiger partial charge in [-0.3, -0.25) is 0 Å². The van der Waals surface area contributed by atoms with Gasteiger partial charge < -0.3 is 5.32 Å². The first-order valence-corrected chi connectivity index (χ1v) is 8.16. The maximum Gasteiger partial charge on any atom is 0.0151 e. The zero-order chi connectivity index (χ0) is 14.4. The largest absolute Gasteiger partial charge is 0.311 e. The van der Waals surface area contributed by atoms with Gasteiger partial charge in [-0.2, -0.15) is 0 Å². The van der Waals surface area contributed by atoms with E-state index in [1.807, 2.05) is 0 Å². The summed E-state index contributed by atoms with van der Waals surface area (Å²) in [5.74, 6) is 0. The van der Waals surface area contributed by atoms with Crippen LogP contribution in [0.3, 0.4) is 0 Å². The second-order valence-electron chi connectivity index (χ2n) is 8.65. The molecular weight excluding hydrogens is 242 g/mol. The highest BCUT2D eigenvalue weighted by atomic mass is 15.0. The quantitative estimate of drug-likeness (QED) is 0.843. The summed E-state index contributed by atoms with van der Waals surface area (Å²) in [6, 6.07) is 10.3. The van der Waals surface area contributed by atoms with Crippen LogP contribution in [-0.4, -0.2) is 12.1 Å². The van der Waals surface area contributed by atoms with Gasteiger partial charge in [0, 0.05) is 12.1 Å². The third-order valence-corrected chi connectivity index (χ3v) is 5.08. The first-order valence-electron chi connectivity index (χ1n) is 8.16. The predicted octanol–water partition coefficient (Wildman–Crippen LogP) is 4.35. The number of fused-ring (bicyclic) bond motifs is 1. The molecule has 1 nitrogen and oxygen atoms in total. The molecule has 1 aromatic rings. The summed E-state index contributed by atoms with van der Waals surface area (Å²) in [5, 5.41) is 3.98. The average Bonchev–Trinajstić information content (AvgIpc) is 2.66. The van der Waals surface area contributed by atoms with Crippen LogP contribution in [0.25, 0.3) is 0 Å². The molecule has 1 fully saturated rings. The van der Waals surface area contributed by atoms with E-state index in [-0.39, 0.29) is 0 Å². The maximum atomic E-state index is 3.98. The Morgan fingerprint density at radius 2 is 1.35 bits per heavy atom. The molecule has 0 bridgehead atoms. The predicted molar refractivity (Wildman–Crippen MR) is 86.0 cm³/mol. The van der Waals surface area contributed by atoms with Gasteiger partial charge in [-0.1, -0.05) is 52.0 Å². The fourth-order valence-electron chi connectivity index (χ4n) is 4.97. The summed E-state index contributed by atoms with van der Waals surface area (Å²) in [7, 11) is 0. The molecule has 0 spiro atoms. The van der Waals surface area contributed by atoms with E-state index in [1.54, 1.807) is 11.1 Å². The first kappa shape index (κ1) is 14.1. The lowest BCUT2D eigenvalue weighted by atomic mass is 9.63. The van der Waals surface area contributed by atoms with Gasteiger partial charge in [0.05, 0.1) is 0 Å². The Bertz CT molecular complexity index is 445. The van der Waals surface area contributed by atoms with Crippen molar-refractivity contribution < 1.29 is 0 Å². The summed E-state index contributed by atoms with van der Waals surface area (Å²) >= 11 is 0. The van der Waals surface area contributed by atoms with Gasteiger partial charge in [-0.15, -0.1) is 0 Å². The molecular formula is C19H29N. The summed E-state index contributed by atoms with van der Waals surface area (Å²) in [5.41, 5.74) is 4.06. The van der Waals surface area contributed by atoms with Gasteiger partial charge in [0.2, 0.25) is 0 Å². The number of hydrogen-bond acceptors (Lipinski definition) is 1. The van der Waals surface area contributed by atoms with Crippen LogP contribution in [0.1, 0.15) is 58.1 Å². The standard InChI is InChI=1S/C19H29N/c1-18(2)11-17(12-19(3,4)13-18)20-16-9-14-7-5-6-8-15(14)10-16/h5-8,16-17,20H,9-13H2,1-4H3. The highest BCUT2D eigenvalue weighted by molar-refractivity contribution is 5.33. The Kier molecular flexibility index (Phi) is 3.44. The van der Waals surface area contributed by atoms with Crippen molar-refractivity contribution in [1.29, 1.82) is 0 Å². The molecule has 0 aliphatic heterocycles. The fraction of sp³-hybridized carbons (Fsp3) is 0.684. The molecule has 2 aliphatic carbocycles. The van der Waals surface area contributed by atoms with Crippen molar-refractivity contribution in [2.24, 2.45) is 10.8 Å². The van der Waals surface area contributed by atoms with Crippen molar-refractivity contribution in [3.05, 3.63) is 35.4 Å². The molecule has 0 amide bonds. The zero-order valence-corrected chi connectivity index (χ0v) is 13.5. The van der Waals surface area contributed by atoms with E-state index < -0.39 is 0 Å². The molecule has 1 heteroatoms. The van der Waals surface area contributed by atoms with E-state index in [9.17, 15) is 0 Å². The number of benzene rings is 1. The minimum absolute atomic E-state index is 0.477. The average molecular weight is 271 g/mol. The number of hydrogen-bond donors (Lipinski definition) is 1. The topological polar surface area (TPSA) is 12.0 Å². The van der Waals surface area contributed by atoms with Crippen LogP contribution in [-0.2, 0) is 12.8 Å². The molecule has 1 N–H and O–H groups in total. The summed E-state index contributed by atoms with van der Waals surface area (Å²) in [4.78, 5) is 0. The molecule has 0 aromatic heterocycles. The summed E-state index contributed by atoms with van der Waals surface area (Å²) < 4.78 is 0. The minimum Gasteiger partial charge on any atom is -0.311 e. The minimum atomic E-state index is 0.477. The van der Waals surface area contributed by atoms with Gasteiger partial charge in [0.25, 0.3) is 0 Å². The first-order chi connectivity index (χ1) is 9.33. The molecule has 1 aromatic carbocycles. The number of rotatable bonds is 2.